The van der Waals surface area contributed by atoms with Crippen molar-refractivity contribution in [3.63, 3.8) is 0 Å². The fourth-order valence-corrected chi connectivity index (χ4v) is 3.96. The van der Waals surface area contributed by atoms with E-state index in [9.17, 15) is 4.79 Å². The molecule has 1 heterocycles. The summed E-state index contributed by atoms with van der Waals surface area (Å²) in [5.41, 5.74) is 5.60. The number of nitrogens with two attached hydrogens (primary N) is 1. The van der Waals surface area contributed by atoms with Crippen LogP contribution in [0.3, 0.4) is 0 Å². The van der Waals surface area contributed by atoms with Crippen LogP contribution in [0.25, 0.3) is 0 Å². The second-order valence-electron chi connectivity index (χ2n) is 6.75. The second-order valence-corrected chi connectivity index (χ2v) is 6.75. The van der Waals surface area contributed by atoms with E-state index in [-0.39, 0.29) is 11.9 Å². The monoisotopic (exact) mass is 297 g/mol. The van der Waals surface area contributed by atoms with Crippen molar-refractivity contribution in [1.82, 2.24) is 9.80 Å². The molecule has 2 N–H and O–H groups in total. The van der Waals surface area contributed by atoms with E-state index in [0.29, 0.717) is 6.04 Å². The molecule has 3 unspecified atom stereocenters. The van der Waals surface area contributed by atoms with Crippen molar-refractivity contribution in [3.8, 4) is 0 Å². The Labute approximate surface area is 128 Å². The minimum Gasteiger partial charge on any atom is -0.468 e. The SMILES string of the molecule is CCC1CN(CCC2CCCC2(N)C(=O)OC)CCN1C. The number of hydrogen-bond donors (Lipinski definition) is 1. The Bertz CT molecular complexity index is 363. The van der Waals surface area contributed by atoms with Crippen molar-refractivity contribution in [2.24, 2.45) is 11.7 Å². The van der Waals surface area contributed by atoms with E-state index < -0.39 is 5.54 Å². The van der Waals surface area contributed by atoms with Crippen molar-refractivity contribution >= 4 is 5.97 Å². The molecule has 0 radical (unpaired) electrons. The Hall–Kier alpha value is -0.650. The smallest absolute Gasteiger partial charge is 0.326 e. The average Bonchev–Trinajstić information content (AvgIpc) is 2.87. The highest BCUT2D eigenvalue weighted by Gasteiger charge is 2.46. The number of nitrogens with zero attached hydrogens (tertiary/aromatic N) is 2. The number of hydrogen-bond acceptors (Lipinski definition) is 5. The highest BCUT2D eigenvalue weighted by Crippen LogP contribution is 2.37. The number of piperazine rings is 1. The average molecular weight is 297 g/mol. The Morgan fingerprint density at radius 1 is 1.43 bits per heavy atom. The van der Waals surface area contributed by atoms with Crippen molar-refractivity contribution in [2.45, 2.75) is 50.6 Å². The summed E-state index contributed by atoms with van der Waals surface area (Å²) in [7, 11) is 3.66. The molecule has 5 heteroatoms. The van der Waals surface area contributed by atoms with Crippen LogP contribution in [0.4, 0.5) is 0 Å². The van der Waals surface area contributed by atoms with Crippen LogP contribution in [0.5, 0.6) is 0 Å². The zero-order valence-electron chi connectivity index (χ0n) is 13.8. The minimum atomic E-state index is -0.745. The lowest BCUT2D eigenvalue weighted by Crippen LogP contribution is -2.54. The molecule has 1 aliphatic carbocycles. The van der Waals surface area contributed by atoms with Gasteiger partial charge in [0, 0.05) is 25.7 Å². The molecular weight excluding hydrogens is 266 g/mol. The first kappa shape index (κ1) is 16.7. The molecule has 122 valence electrons. The van der Waals surface area contributed by atoms with Gasteiger partial charge < -0.3 is 20.3 Å². The lowest BCUT2D eigenvalue weighted by molar-refractivity contribution is -0.148. The van der Waals surface area contributed by atoms with Gasteiger partial charge in [0.2, 0.25) is 0 Å². The summed E-state index contributed by atoms with van der Waals surface area (Å²) < 4.78 is 4.92. The molecule has 0 amide bonds. The van der Waals surface area contributed by atoms with E-state index in [4.69, 9.17) is 10.5 Å². The molecule has 0 spiro atoms. The topological polar surface area (TPSA) is 58.8 Å². The third-order valence-electron chi connectivity index (χ3n) is 5.56. The summed E-state index contributed by atoms with van der Waals surface area (Å²) in [5, 5.41) is 0. The highest BCUT2D eigenvalue weighted by atomic mass is 16.5. The van der Waals surface area contributed by atoms with Crippen LogP contribution < -0.4 is 5.73 Å². The highest BCUT2D eigenvalue weighted by molar-refractivity contribution is 5.81. The lowest BCUT2D eigenvalue weighted by atomic mass is 9.85. The first-order valence-electron chi connectivity index (χ1n) is 8.31. The Kier molecular flexibility index (Phi) is 5.63. The molecule has 0 aromatic rings. The van der Waals surface area contributed by atoms with Gasteiger partial charge in [-0.15, -0.1) is 0 Å². The molecule has 1 saturated carbocycles. The Balaban J connectivity index is 1.86. The van der Waals surface area contributed by atoms with Gasteiger partial charge in [-0.05, 0) is 45.2 Å². The quantitative estimate of drug-likeness (QED) is 0.769. The van der Waals surface area contributed by atoms with Gasteiger partial charge in [-0.2, -0.15) is 0 Å². The summed E-state index contributed by atoms with van der Waals surface area (Å²) in [5.74, 6) is 0.0412. The van der Waals surface area contributed by atoms with E-state index >= 15 is 0 Å². The maximum Gasteiger partial charge on any atom is 0.326 e. The number of ether oxygens (including phenoxy) is 1. The van der Waals surface area contributed by atoms with Gasteiger partial charge in [0.1, 0.15) is 5.54 Å². The first-order valence-corrected chi connectivity index (χ1v) is 8.31. The van der Waals surface area contributed by atoms with E-state index in [0.717, 1.165) is 51.9 Å². The predicted molar refractivity (Wildman–Crippen MR) is 84.0 cm³/mol. The van der Waals surface area contributed by atoms with Crippen LogP contribution in [0.15, 0.2) is 0 Å². The second kappa shape index (κ2) is 7.07. The lowest BCUT2D eigenvalue weighted by Gasteiger charge is -2.40. The van der Waals surface area contributed by atoms with Gasteiger partial charge in [-0.1, -0.05) is 13.3 Å². The molecular formula is C16H31N3O2. The van der Waals surface area contributed by atoms with Crippen LogP contribution >= 0.6 is 0 Å². The maximum atomic E-state index is 12.0. The Morgan fingerprint density at radius 3 is 2.86 bits per heavy atom. The summed E-state index contributed by atoms with van der Waals surface area (Å²) >= 11 is 0. The van der Waals surface area contributed by atoms with Crippen LogP contribution in [0, 0.1) is 5.92 Å². The van der Waals surface area contributed by atoms with Crippen LogP contribution in [-0.4, -0.2) is 67.7 Å². The number of carbonyl (C=O) groups is 1. The molecule has 2 rings (SSSR count). The molecule has 21 heavy (non-hydrogen) atoms. The van der Waals surface area contributed by atoms with Gasteiger partial charge in [0.15, 0.2) is 0 Å². The summed E-state index contributed by atoms with van der Waals surface area (Å²) in [6.45, 7) is 6.69. The molecule has 0 aromatic carbocycles. The van der Waals surface area contributed by atoms with Gasteiger partial charge in [-0.3, -0.25) is 4.79 Å². The van der Waals surface area contributed by atoms with Crippen molar-refractivity contribution in [3.05, 3.63) is 0 Å². The predicted octanol–water partition coefficient (Wildman–Crippen LogP) is 1.07. The van der Waals surface area contributed by atoms with Gasteiger partial charge >= 0.3 is 5.97 Å². The molecule has 5 nitrogen and oxygen atoms in total. The molecule has 2 fully saturated rings. The molecule has 1 aliphatic heterocycles. The van der Waals surface area contributed by atoms with E-state index in [2.05, 4.69) is 23.8 Å². The van der Waals surface area contributed by atoms with Crippen molar-refractivity contribution in [1.29, 1.82) is 0 Å². The standard InChI is InChI=1S/C16H31N3O2/c1-4-14-12-19(11-10-18(14)2)9-7-13-6-5-8-16(13,17)15(20)21-3/h13-14H,4-12,17H2,1-3H3. The number of esters is 1. The number of carbonyl (C=O) groups excluding carboxylic acids is 1. The summed E-state index contributed by atoms with van der Waals surface area (Å²) in [6.07, 6.45) is 5.06. The fourth-order valence-electron chi connectivity index (χ4n) is 3.96. The maximum absolute atomic E-state index is 12.0. The van der Waals surface area contributed by atoms with Crippen LogP contribution in [0.2, 0.25) is 0 Å². The molecule has 3 atom stereocenters. The van der Waals surface area contributed by atoms with Crippen LogP contribution in [-0.2, 0) is 9.53 Å². The molecule has 2 aliphatic rings. The number of methoxy groups -OCH3 is 1. The largest absolute Gasteiger partial charge is 0.468 e. The molecule has 0 aromatic heterocycles. The van der Waals surface area contributed by atoms with Crippen molar-refractivity contribution in [2.75, 3.05) is 40.3 Å². The molecule has 1 saturated heterocycles. The summed E-state index contributed by atoms with van der Waals surface area (Å²) in [4.78, 5) is 17.0. The number of rotatable bonds is 5. The zero-order valence-corrected chi connectivity index (χ0v) is 13.8. The fraction of sp³-hybridized carbons (Fsp3) is 0.938. The van der Waals surface area contributed by atoms with Gasteiger partial charge in [-0.25, -0.2) is 0 Å². The van der Waals surface area contributed by atoms with Gasteiger partial charge in [0.25, 0.3) is 0 Å². The third-order valence-corrected chi connectivity index (χ3v) is 5.56. The van der Waals surface area contributed by atoms with Crippen LogP contribution in [0.1, 0.15) is 39.0 Å². The van der Waals surface area contributed by atoms with E-state index in [1.807, 2.05) is 0 Å². The molecule has 0 bridgehead atoms. The normalized spacial score (nSPS) is 35.0. The van der Waals surface area contributed by atoms with E-state index in [1.54, 1.807) is 0 Å². The minimum absolute atomic E-state index is 0.227. The first-order chi connectivity index (χ1) is 10.0. The summed E-state index contributed by atoms with van der Waals surface area (Å²) in [6, 6.07) is 0.658. The van der Waals surface area contributed by atoms with Crippen molar-refractivity contribution < 1.29 is 9.53 Å². The van der Waals surface area contributed by atoms with E-state index in [1.165, 1.54) is 13.5 Å². The number of likely N-dealkylation sites (N-methyl/N-ethyl adjacent to an activating group) is 1. The third kappa shape index (κ3) is 3.58. The van der Waals surface area contributed by atoms with Gasteiger partial charge in [0.05, 0.1) is 7.11 Å². The Morgan fingerprint density at radius 2 is 2.19 bits per heavy atom. The zero-order chi connectivity index (χ0) is 15.5.